The minimum absolute atomic E-state index is 0.0597. The van der Waals surface area contributed by atoms with Gasteiger partial charge in [-0.25, -0.2) is 4.98 Å². The standard InChI is InChI=1S/C12H17BrN2O2/c1-3-4-10(8-17-2)15-12(16)9-5-6-14-11(13)7-9/h5-7,10H,3-4,8H2,1-2H3,(H,15,16). The quantitative estimate of drug-likeness (QED) is 0.821. The van der Waals surface area contributed by atoms with Gasteiger partial charge >= 0.3 is 0 Å². The molecule has 1 N–H and O–H groups in total. The fraction of sp³-hybridized carbons (Fsp3) is 0.500. The number of nitrogens with one attached hydrogen (secondary N) is 1. The summed E-state index contributed by atoms with van der Waals surface area (Å²) in [5.41, 5.74) is 0.601. The molecule has 0 spiro atoms. The molecular weight excluding hydrogens is 284 g/mol. The fourth-order valence-electron chi connectivity index (χ4n) is 1.56. The minimum Gasteiger partial charge on any atom is -0.383 e. The summed E-state index contributed by atoms with van der Waals surface area (Å²) in [6.45, 7) is 2.61. The number of carbonyl (C=O) groups is 1. The molecule has 1 unspecified atom stereocenters. The predicted octanol–water partition coefficient (Wildman–Crippen LogP) is 2.39. The van der Waals surface area contributed by atoms with Crippen molar-refractivity contribution >= 4 is 21.8 Å². The van der Waals surface area contributed by atoms with E-state index >= 15 is 0 Å². The number of methoxy groups -OCH3 is 1. The molecular formula is C12H17BrN2O2. The van der Waals surface area contributed by atoms with E-state index in [0.29, 0.717) is 16.8 Å². The van der Waals surface area contributed by atoms with Gasteiger partial charge in [-0.15, -0.1) is 0 Å². The van der Waals surface area contributed by atoms with Crippen molar-refractivity contribution in [3.63, 3.8) is 0 Å². The van der Waals surface area contributed by atoms with Gasteiger partial charge in [-0.05, 0) is 34.5 Å². The number of hydrogen-bond acceptors (Lipinski definition) is 3. The molecule has 0 aromatic carbocycles. The average Bonchev–Trinajstić information content (AvgIpc) is 2.29. The number of halogens is 1. The first-order valence-corrected chi connectivity index (χ1v) is 6.38. The lowest BCUT2D eigenvalue weighted by Crippen LogP contribution is -2.37. The van der Waals surface area contributed by atoms with Crippen molar-refractivity contribution in [3.8, 4) is 0 Å². The molecule has 1 rings (SSSR count). The number of ether oxygens (including phenoxy) is 1. The number of aromatic nitrogens is 1. The topological polar surface area (TPSA) is 51.2 Å². The Morgan fingerprint density at radius 3 is 3.00 bits per heavy atom. The molecule has 1 heterocycles. The lowest BCUT2D eigenvalue weighted by Gasteiger charge is -2.17. The van der Waals surface area contributed by atoms with E-state index in [1.165, 1.54) is 0 Å². The van der Waals surface area contributed by atoms with Gasteiger partial charge in [0.1, 0.15) is 4.60 Å². The molecule has 0 saturated carbocycles. The molecule has 0 aliphatic heterocycles. The molecule has 1 aromatic heterocycles. The number of carbonyl (C=O) groups excluding carboxylic acids is 1. The summed E-state index contributed by atoms with van der Waals surface area (Å²) in [7, 11) is 1.64. The number of amides is 1. The van der Waals surface area contributed by atoms with Gasteiger partial charge in [0.15, 0.2) is 0 Å². The maximum atomic E-state index is 11.9. The van der Waals surface area contributed by atoms with Crippen molar-refractivity contribution < 1.29 is 9.53 Å². The summed E-state index contributed by atoms with van der Waals surface area (Å²) in [4.78, 5) is 15.9. The van der Waals surface area contributed by atoms with Crippen LogP contribution in [0.1, 0.15) is 30.1 Å². The van der Waals surface area contributed by atoms with Crippen molar-refractivity contribution in [2.45, 2.75) is 25.8 Å². The number of pyridine rings is 1. The molecule has 1 amide bonds. The van der Waals surface area contributed by atoms with E-state index in [4.69, 9.17) is 4.74 Å². The maximum absolute atomic E-state index is 11.9. The van der Waals surface area contributed by atoms with Crippen molar-refractivity contribution in [2.24, 2.45) is 0 Å². The van der Waals surface area contributed by atoms with E-state index in [9.17, 15) is 4.79 Å². The van der Waals surface area contributed by atoms with Gasteiger partial charge in [0.05, 0.1) is 12.6 Å². The molecule has 4 nitrogen and oxygen atoms in total. The summed E-state index contributed by atoms with van der Waals surface area (Å²) >= 11 is 3.24. The zero-order chi connectivity index (χ0) is 12.7. The Labute approximate surface area is 110 Å². The Morgan fingerprint density at radius 1 is 1.65 bits per heavy atom. The second-order valence-corrected chi connectivity index (χ2v) is 4.59. The summed E-state index contributed by atoms with van der Waals surface area (Å²) in [5, 5.41) is 2.95. The van der Waals surface area contributed by atoms with E-state index in [1.807, 2.05) is 0 Å². The van der Waals surface area contributed by atoms with E-state index in [0.717, 1.165) is 12.8 Å². The van der Waals surface area contributed by atoms with Gasteiger partial charge < -0.3 is 10.1 Å². The first-order chi connectivity index (χ1) is 8.17. The molecule has 0 bridgehead atoms. The predicted molar refractivity (Wildman–Crippen MR) is 70.0 cm³/mol. The van der Waals surface area contributed by atoms with Crippen LogP contribution in [0, 0.1) is 0 Å². The van der Waals surface area contributed by atoms with Crippen LogP contribution in [0.25, 0.3) is 0 Å². The number of rotatable bonds is 6. The van der Waals surface area contributed by atoms with Crippen molar-refractivity contribution in [3.05, 3.63) is 28.5 Å². The molecule has 94 valence electrons. The van der Waals surface area contributed by atoms with Crippen LogP contribution in [0.3, 0.4) is 0 Å². The molecule has 0 radical (unpaired) electrons. The Kier molecular flexibility index (Phi) is 6.15. The van der Waals surface area contributed by atoms with Crippen LogP contribution in [-0.4, -0.2) is 30.6 Å². The Balaban J connectivity index is 2.63. The van der Waals surface area contributed by atoms with Crippen LogP contribution in [0.15, 0.2) is 22.9 Å². The van der Waals surface area contributed by atoms with Crippen LogP contribution in [0.4, 0.5) is 0 Å². The summed E-state index contributed by atoms with van der Waals surface area (Å²) in [6, 6.07) is 3.45. The normalized spacial score (nSPS) is 12.2. The molecule has 17 heavy (non-hydrogen) atoms. The van der Waals surface area contributed by atoms with Gasteiger partial charge in [0.2, 0.25) is 0 Å². The molecule has 5 heteroatoms. The molecule has 0 saturated heterocycles. The minimum atomic E-state index is -0.0939. The molecule has 0 aliphatic carbocycles. The van der Waals surface area contributed by atoms with Crippen LogP contribution in [-0.2, 0) is 4.74 Å². The smallest absolute Gasteiger partial charge is 0.251 e. The van der Waals surface area contributed by atoms with Gasteiger partial charge in [0.25, 0.3) is 5.91 Å². The average molecular weight is 301 g/mol. The van der Waals surface area contributed by atoms with E-state index in [1.54, 1.807) is 25.4 Å². The second kappa shape index (κ2) is 7.40. The van der Waals surface area contributed by atoms with Crippen LogP contribution < -0.4 is 5.32 Å². The monoisotopic (exact) mass is 300 g/mol. The van der Waals surface area contributed by atoms with Gasteiger partial charge in [0, 0.05) is 18.9 Å². The Bertz CT molecular complexity index is 365. The van der Waals surface area contributed by atoms with E-state index < -0.39 is 0 Å². The third-order valence-electron chi connectivity index (χ3n) is 2.33. The van der Waals surface area contributed by atoms with Gasteiger partial charge in [-0.2, -0.15) is 0 Å². The molecule has 1 aromatic rings. The molecule has 0 aliphatic rings. The van der Waals surface area contributed by atoms with Crippen LogP contribution >= 0.6 is 15.9 Å². The Morgan fingerprint density at radius 2 is 2.41 bits per heavy atom. The zero-order valence-electron chi connectivity index (χ0n) is 10.1. The number of hydrogen-bond donors (Lipinski definition) is 1. The van der Waals surface area contributed by atoms with Crippen LogP contribution in [0.5, 0.6) is 0 Å². The fourth-order valence-corrected chi connectivity index (χ4v) is 1.92. The third kappa shape index (κ3) is 4.83. The Hall–Kier alpha value is -0.940. The summed E-state index contributed by atoms with van der Waals surface area (Å²) in [5.74, 6) is -0.0939. The van der Waals surface area contributed by atoms with Crippen molar-refractivity contribution in [1.82, 2.24) is 10.3 Å². The molecule has 0 fully saturated rings. The highest BCUT2D eigenvalue weighted by atomic mass is 79.9. The SMILES string of the molecule is CCCC(COC)NC(=O)c1ccnc(Br)c1. The maximum Gasteiger partial charge on any atom is 0.251 e. The van der Waals surface area contributed by atoms with Crippen LogP contribution in [0.2, 0.25) is 0 Å². The van der Waals surface area contributed by atoms with Crippen molar-refractivity contribution in [2.75, 3.05) is 13.7 Å². The highest BCUT2D eigenvalue weighted by molar-refractivity contribution is 9.10. The highest BCUT2D eigenvalue weighted by Gasteiger charge is 2.13. The second-order valence-electron chi connectivity index (χ2n) is 3.78. The third-order valence-corrected chi connectivity index (χ3v) is 2.76. The van der Waals surface area contributed by atoms with E-state index in [2.05, 4.69) is 33.2 Å². The number of nitrogens with zero attached hydrogens (tertiary/aromatic N) is 1. The van der Waals surface area contributed by atoms with E-state index in [-0.39, 0.29) is 11.9 Å². The first kappa shape index (κ1) is 14.1. The first-order valence-electron chi connectivity index (χ1n) is 5.58. The highest BCUT2D eigenvalue weighted by Crippen LogP contribution is 2.08. The zero-order valence-corrected chi connectivity index (χ0v) is 11.7. The molecule has 1 atom stereocenters. The van der Waals surface area contributed by atoms with Gasteiger partial charge in [-0.1, -0.05) is 13.3 Å². The summed E-state index contributed by atoms with van der Waals surface area (Å²) < 4.78 is 5.74. The van der Waals surface area contributed by atoms with Crippen molar-refractivity contribution in [1.29, 1.82) is 0 Å². The lowest BCUT2D eigenvalue weighted by molar-refractivity contribution is 0.0891. The lowest BCUT2D eigenvalue weighted by atomic mass is 10.1. The van der Waals surface area contributed by atoms with Gasteiger partial charge in [-0.3, -0.25) is 4.79 Å². The largest absolute Gasteiger partial charge is 0.383 e. The summed E-state index contributed by atoms with van der Waals surface area (Å²) in [6.07, 6.45) is 3.52.